The maximum Gasteiger partial charge on any atom is 0.424 e. The van der Waals surface area contributed by atoms with Gasteiger partial charge in [-0.3, -0.25) is 4.79 Å². The summed E-state index contributed by atoms with van der Waals surface area (Å²) in [6, 6.07) is 0. The van der Waals surface area contributed by atoms with Crippen LogP contribution in [0.2, 0.25) is 0 Å². The molecule has 1 amide bonds. The van der Waals surface area contributed by atoms with Crippen molar-refractivity contribution in [2.75, 3.05) is 0 Å². The molecule has 1 aromatic rings. The Morgan fingerprint density at radius 2 is 1.91 bits per heavy atom. The Bertz CT molecular complexity index is 585. The molecule has 3 N–H and O–H groups in total. The number of nitrogens with one attached hydrogen (secondary N) is 1. The maximum absolute atomic E-state index is 13.2. The molecule has 1 atom stereocenters. The third-order valence-electron chi connectivity index (χ3n) is 2.84. The minimum Gasteiger partial charge on any atom is -0.480 e. The van der Waals surface area contributed by atoms with Gasteiger partial charge in [0.2, 0.25) is 11.5 Å². The van der Waals surface area contributed by atoms with E-state index in [-0.39, 0.29) is 5.69 Å². The first-order valence-electron chi connectivity index (χ1n) is 6.06. The van der Waals surface area contributed by atoms with Crippen LogP contribution in [0.1, 0.15) is 31.0 Å². The van der Waals surface area contributed by atoms with Gasteiger partial charge in [-0.1, -0.05) is 0 Å². The quantitative estimate of drug-likeness (QED) is 0.756. The van der Waals surface area contributed by atoms with Crippen LogP contribution >= 0.6 is 11.3 Å². The fourth-order valence-electron chi connectivity index (χ4n) is 1.52. The second-order valence-corrected chi connectivity index (χ2v) is 6.17. The molecule has 1 heterocycles. The third-order valence-corrected chi connectivity index (χ3v) is 3.96. The molecule has 0 spiro atoms. The van der Waals surface area contributed by atoms with Crippen LogP contribution in [-0.2, 0) is 15.2 Å². The molecule has 6 nitrogen and oxygen atoms in total. The van der Waals surface area contributed by atoms with Crippen LogP contribution in [0.15, 0.2) is 5.38 Å². The van der Waals surface area contributed by atoms with Crippen LogP contribution in [0, 0.1) is 6.92 Å². The number of thiazole rings is 1. The van der Waals surface area contributed by atoms with Gasteiger partial charge in [0.15, 0.2) is 0 Å². The molecule has 0 bridgehead atoms. The lowest BCUT2D eigenvalue weighted by Crippen LogP contribution is -2.53. The summed E-state index contributed by atoms with van der Waals surface area (Å²) in [6.07, 6.45) is -6.51. The summed E-state index contributed by atoms with van der Waals surface area (Å²) < 4.78 is 39.5. The normalized spacial score (nSPS) is 15.2. The maximum atomic E-state index is 13.2. The van der Waals surface area contributed by atoms with Crippen molar-refractivity contribution in [1.29, 1.82) is 0 Å². The minimum absolute atomic E-state index is 0.272. The number of hydrogen-bond donors (Lipinski definition) is 3. The lowest BCUT2D eigenvalue weighted by atomic mass is 9.97. The molecule has 0 aliphatic rings. The van der Waals surface area contributed by atoms with Crippen molar-refractivity contribution < 1.29 is 33.0 Å². The topological polar surface area (TPSA) is 99.5 Å². The van der Waals surface area contributed by atoms with Crippen LogP contribution in [-0.4, -0.2) is 38.8 Å². The fourth-order valence-corrected chi connectivity index (χ4v) is 2.43. The predicted molar refractivity (Wildman–Crippen MR) is 71.3 cm³/mol. The first-order valence-corrected chi connectivity index (χ1v) is 6.93. The minimum atomic E-state index is -5.14. The van der Waals surface area contributed by atoms with E-state index < -0.39 is 40.6 Å². The molecular formula is C12H15F3N2O4S. The largest absolute Gasteiger partial charge is 0.480 e. The van der Waals surface area contributed by atoms with Crippen molar-refractivity contribution in [3.8, 4) is 0 Å². The number of carbonyl (C=O) groups excluding carboxylic acids is 1. The monoisotopic (exact) mass is 340 g/mol. The second-order valence-electron chi connectivity index (χ2n) is 5.31. The number of aryl methyl sites for hydroxylation is 1. The van der Waals surface area contributed by atoms with Gasteiger partial charge in [0.1, 0.15) is 10.5 Å². The highest BCUT2D eigenvalue weighted by atomic mass is 32.1. The zero-order chi connectivity index (χ0) is 17.3. The Balaban J connectivity index is 3.06. The average molecular weight is 340 g/mol. The third kappa shape index (κ3) is 3.74. The van der Waals surface area contributed by atoms with Crippen LogP contribution in [0.3, 0.4) is 0 Å². The number of alkyl halides is 3. The summed E-state index contributed by atoms with van der Waals surface area (Å²) >= 11 is 0.572. The molecule has 1 aromatic heterocycles. The molecule has 0 radical (unpaired) electrons. The number of rotatable bonds is 5. The van der Waals surface area contributed by atoms with E-state index in [0.29, 0.717) is 11.3 Å². The van der Waals surface area contributed by atoms with Crippen LogP contribution in [0.25, 0.3) is 0 Å². The van der Waals surface area contributed by atoms with Gasteiger partial charge in [-0.05, 0) is 20.8 Å². The Kier molecular flexibility index (Phi) is 4.88. The molecule has 1 rings (SSSR count). The van der Waals surface area contributed by atoms with E-state index >= 15 is 0 Å². The highest BCUT2D eigenvalue weighted by Gasteiger charge is 2.58. The van der Waals surface area contributed by atoms with Gasteiger partial charge >= 0.3 is 12.1 Å². The first kappa shape index (κ1) is 18.4. The number of nitrogens with zero attached hydrogens (tertiary/aromatic N) is 1. The summed E-state index contributed by atoms with van der Waals surface area (Å²) in [5.74, 6) is -2.67. The molecular weight excluding hydrogens is 325 g/mol. The van der Waals surface area contributed by atoms with Crippen molar-refractivity contribution >= 4 is 23.2 Å². The summed E-state index contributed by atoms with van der Waals surface area (Å²) in [5.41, 5.74) is -4.96. The average Bonchev–Trinajstić information content (AvgIpc) is 2.73. The second kappa shape index (κ2) is 5.84. The van der Waals surface area contributed by atoms with E-state index in [1.165, 1.54) is 12.3 Å². The Labute approximate surface area is 128 Å². The van der Waals surface area contributed by atoms with Crippen molar-refractivity contribution in [2.24, 2.45) is 0 Å². The number of aliphatic hydroxyl groups is 1. The van der Waals surface area contributed by atoms with Crippen LogP contribution in [0.4, 0.5) is 13.2 Å². The van der Waals surface area contributed by atoms with E-state index in [0.717, 1.165) is 13.8 Å². The number of hydrogen-bond acceptors (Lipinski definition) is 5. The highest BCUT2D eigenvalue weighted by Crippen LogP contribution is 2.42. The molecule has 10 heteroatoms. The van der Waals surface area contributed by atoms with Crippen LogP contribution in [0.5, 0.6) is 0 Å². The summed E-state index contributed by atoms with van der Waals surface area (Å²) in [7, 11) is 0. The van der Waals surface area contributed by atoms with E-state index in [4.69, 9.17) is 5.11 Å². The van der Waals surface area contributed by atoms with Gasteiger partial charge in [0, 0.05) is 11.1 Å². The van der Waals surface area contributed by atoms with Crippen molar-refractivity contribution in [3.05, 3.63) is 16.1 Å². The number of halogens is 3. The number of aliphatic carboxylic acids is 1. The standard InChI is InChI=1S/C12H15F3N2O4S/c1-6-5-22-8(16-6)11(21,12(13,14)15)4-7(18)17-10(2,3)9(19)20/h5,21H,4H2,1-3H3,(H,17,18)(H,19,20). The number of carboxylic acid groups (broad SMARTS) is 1. The molecule has 0 aromatic carbocycles. The van der Waals surface area contributed by atoms with Crippen molar-refractivity contribution in [3.63, 3.8) is 0 Å². The van der Waals surface area contributed by atoms with E-state index in [1.807, 2.05) is 5.32 Å². The zero-order valence-electron chi connectivity index (χ0n) is 12.0. The first-order chi connectivity index (χ1) is 9.79. The number of aromatic nitrogens is 1. The molecule has 0 saturated carbocycles. The van der Waals surface area contributed by atoms with Gasteiger partial charge in [0.05, 0.1) is 6.42 Å². The van der Waals surface area contributed by atoms with Crippen molar-refractivity contribution in [1.82, 2.24) is 10.3 Å². The number of carbonyl (C=O) groups is 2. The summed E-state index contributed by atoms with van der Waals surface area (Å²) in [6.45, 7) is 3.69. The molecule has 124 valence electrons. The summed E-state index contributed by atoms with van der Waals surface area (Å²) in [5, 5.41) is 21.4. The molecule has 0 aliphatic heterocycles. The number of carboxylic acids is 1. The Hall–Kier alpha value is -1.68. The molecule has 0 aliphatic carbocycles. The Morgan fingerprint density at radius 1 is 1.36 bits per heavy atom. The van der Waals surface area contributed by atoms with Gasteiger partial charge in [0.25, 0.3) is 0 Å². The van der Waals surface area contributed by atoms with Gasteiger partial charge < -0.3 is 15.5 Å². The summed E-state index contributed by atoms with van der Waals surface area (Å²) in [4.78, 5) is 26.2. The zero-order valence-corrected chi connectivity index (χ0v) is 12.8. The molecule has 22 heavy (non-hydrogen) atoms. The highest BCUT2D eigenvalue weighted by molar-refractivity contribution is 7.09. The lowest BCUT2D eigenvalue weighted by molar-refractivity contribution is -0.267. The fraction of sp³-hybridized carbons (Fsp3) is 0.583. The van der Waals surface area contributed by atoms with E-state index in [1.54, 1.807) is 0 Å². The number of amides is 1. The van der Waals surface area contributed by atoms with E-state index in [9.17, 15) is 27.9 Å². The van der Waals surface area contributed by atoms with E-state index in [2.05, 4.69) is 4.98 Å². The Morgan fingerprint density at radius 3 is 2.27 bits per heavy atom. The van der Waals surface area contributed by atoms with Crippen molar-refractivity contribution in [2.45, 2.75) is 44.5 Å². The van der Waals surface area contributed by atoms with Gasteiger partial charge in [-0.25, -0.2) is 9.78 Å². The lowest BCUT2D eigenvalue weighted by Gasteiger charge is -2.29. The molecule has 0 saturated heterocycles. The SMILES string of the molecule is Cc1csc(C(O)(CC(=O)NC(C)(C)C(=O)O)C(F)(F)F)n1. The predicted octanol–water partition coefficient (Wildman–Crippen LogP) is 1.57. The van der Waals surface area contributed by atoms with Gasteiger partial charge in [-0.15, -0.1) is 11.3 Å². The smallest absolute Gasteiger partial charge is 0.424 e. The van der Waals surface area contributed by atoms with Crippen LogP contribution < -0.4 is 5.32 Å². The molecule has 1 unspecified atom stereocenters. The molecule has 0 fully saturated rings. The van der Waals surface area contributed by atoms with Gasteiger partial charge in [-0.2, -0.15) is 13.2 Å².